The van der Waals surface area contributed by atoms with Crippen molar-refractivity contribution >= 4 is 29.1 Å². The summed E-state index contributed by atoms with van der Waals surface area (Å²) in [4.78, 5) is 45.0. The minimum atomic E-state index is -1.27. The van der Waals surface area contributed by atoms with Crippen molar-refractivity contribution in [1.29, 1.82) is 0 Å². The molecule has 0 aromatic heterocycles. The number of carbonyl (C=O) groups excluding carboxylic acids is 3. The van der Waals surface area contributed by atoms with Crippen LogP contribution in [0, 0.1) is 23.6 Å². The molecule has 0 radical (unpaired) electrons. The molecule has 0 fully saturated rings. The van der Waals surface area contributed by atoms with E-state index in [0.717, 1.165) is 0 Å². The summed E-state index contributed by atoms with van der Waals surface area (Å²) < 4.78 is 14.1. The van der Waals surface area contributed by atoms with E-state index in [1.54, 1.807) is 49.5 Å². The van der Waals surface area contributed by atoms with Crippen LogP contribution >= 0.6 is 0 Å². The van der Waals surface area contributed by atoms with Crippen LogP contribution in [0.3, 0.4) is 0 Å². The molecule has 3 rings (SSSR count). The summed E-state index contributed by atoms with van der Waals surface area (Å²) in [6.45, 7) is 7.55. The van der Waals surface area contributed by atoms with Crippen molar-refractivity contribution in [3.8, 4) is 0 Å². The van der Waals surface area contributed by atoms with E-state index in [-0.39, 0.29) is 12.3 Å². The Balaban J connectivity index is 2.06. The highest BCUT2D eigenvalue weighted by molar-refractivity contribution is 6.20. The molecular weight excluding hydrogens is 447 g/mol. The predicted octanol–water partition coefficient (Wildman–Crippen LogP) is 3.42. The van der Waals surface area contributed by atoms with Gasteiger partial charge in [0.2, 0.25) is 18.0 Å². The molecule has 0 saturated heterocycles. The first kappa shape index (κ1) is 25.8. The van der Waals surface area contributed by atoms with E-state index in [2.05, 4.69) is 16.9 Å². The fourth-order valence-corrected chi connectivity index (χ4v) is 4.34. The molecule has 3 amide bonds. The van der Waals surface area contributed by atoms with E-state index in [9.17, 15) is 18.8 Å². The van der Waals surface area contributed by atoms with Crippen molar-refractivity contribution in [3.05, 3.63) is 78.1 Å². The average molecular weight is 479 g/mol. The lowest BCUT2D eigenvalue weighted by atomic mass is 9.82. The Morgan fingerprint density at radius 3 is 2.54 bits per heavy atom. The number of nitrogens with zero attached hydrogens (tertiary/aromatic N) is 2. The number of amides is 3. The van der Waals surface area contributed by atoms with Gasteiger partial charge in [-0.05, 0) is 37.0 Å². The molecule has 2 aromatic carbocycles. The van der Waals surface area contributed by atoms with Crippen LogP contribution in [0.2, 0.25) is 0 Å². The van der Waals surface area contributed by atoms with E-state index in [0.29, 0.717) is 28.9 Å². The van der Waals surface area contributed by atoms with Crippen LogP contribution in [0.15, 0.2) is 66.2 Å². The van der Waals surface area contributed by atoms with Crippen molar-refractivity contribution in [2.75, 3.05) is 11.9 Å². The standard InChI is InChI=1S/C27H31FN4O3/c1-5-9-19(24(29)33)21(14-16(2)3)26(34)31-25-27(35)32(4)22-13-7-6-12-20(22)23(30-25)17-10-8-11-18(28)15-17/h5-8,10-13,15-16,19,21,25H,1,9,14H2,2-4H3,(H2,29,33)(H,31,34)/t19-,21+,25-/m0/s1. The smallest absolute Gasteiger partial charge is 0.272 e. The molecule has 8 heteroatoms. The van der Waals surface area contributed by atoms with Crippen molar-refractivity contribution < 1.29 is 18.8 Å². The highest BCUT2D eigenvalue weighted by Crippen LogP contribution is 2.29. The third-order valence-corrected chi connectivity index (χ3v) is 6.05. The molecule has 0 bridgehead atoms. The van der Waals surface area contributed by atoms with Crippen molar-refractivity contribution in [3.63, 3.8) is 0 Å². The zero-order valence-electron chi connectivity index (χ0n) is 20.2. The predicted molar refractivity (Wildman–Crippen MR) is 134 cm³/mol. The Kier molecular flexibility index (Phi) is 8.17. The molecule has 0 unspecified atom stereocenters. The van der Waals surface area contributed by atoms with Crippen LogP contribution < -0.4 is 16.0 Å². The molecule has 1 aliphatic rings. The van der Waals surface area contributed by atoms with Crippen LogP contribution in [0.5, 0.6) is 0 Å². The SMILES string of the molecule is C=CC[C@H](C(N)=O)[C@@H](CC(C)C)C(=O)N[C@@H]1N=C(c2cccc(F)c2)c2ccccc2N(C)C1=O. The van der Waals surface area contributed by atoms with E-state index >= 15 is 0 Å². The van der Waals surface area contributed by atoms with Gasteiger partial charge in [-0.15, -0.1) is 6.58 Å². The van der Waals surface area contributed by atoms with Gasteiger partial charge < -0.3 is 16.0 Å². The number of fused-ring (bicyclic) bond motifs is 1. The van der Waals surface area contributed by atoms with Crippen LogP contribution in [-0.2, 0) is 14.4 Å². The zero-order chi connectivity index (χ0) is 25.7. The van der Waals surface area contributed by atoms with Gasteiger partial charge >= 0.3 is 0 Å². The highest BCUT2D eigenvalue weighted by atomic mass is 19.1. The van der Waals surface area contributed by atoms with Gasteiger partial charge in [0, 0.05) is 18.2 Å². The number of likely N-dealkylation sites (N-methyl/N-ethyl adjacent to an activating group) is 1. The number of allylic oxidation sites excluding steroid dienone is 1. The lowest BCUT2D eigenvalue weighted by Gasteiger charge is -2.27. The maximum Gasteiger partial charge on any atom is 0.272 e. The van der Waals surface area contributed by atoms with Crippen LogP contribution in [0.1, 0.15) is 37.8 Å². The Morgan fingerprint density at radius 2 is 1.91 bits per heavy atom. The van der Waals surface area contributed by atoms with Gasteiger partial charge in [0.1, 0.15) is 5.82 Å². The molecule has 3 N–H and O–H groups in total. The second kappa shape index (κ2) is 11.1. The minimum absolute atomic E-state index is 0.0977. The van der Waals surface area contributed by atoms with Crippen molar-refractivity contribution in [2.24, 2.45) is 28.5 Å². The summed E-state index contributed by atoms with van der Waals surface area (Å²) in [6.07, 6.45) is 0.912. The summed E-state index contributed by atoms with van der Waals surface area (Å²) in [7, 11) is 1.60. The van der Waals surface area contributed by atoms with Gasteiger partial charge in [0.25, 0.3) is 5.91 Å². The molecule has 1 heterocycles. The topological polar surface area (TPSA) is 105 Å². The van der Waals surface area contributed by atoms with Crippen LogP contribution in [-0.4, -0.2) is 36.6 Å². The highest BCUT2D eigenvalue weighted by Gasteiger charge is 2.36. The molecule has 0 spiro atoms. The fraction of sp³-hybridized carbons (Fsp3) is 0.333. The molecule has 1 aliphatic heterocycles. The number of carbonyl (C=O) groups is 3. The number of hydrogen-bond donors (Lipinski definition) is 2. The Labute approximate surface area is 204 Å². The van der Waals surface area contributed by atoms with Gasteiger partial charge in [0.15, 0.2) is 0 Å². The number of aliphatic imine (C=N–C) groups is 1. The second-order valence-corrected chi connectivity index (χ2v) is 9.08. The maximum atomic E-state index is 14.1. The zero-order valence-corrected chi connectivity index (χ0v) is 20.2. The number of halogens is 1. The number of rotatable bonds is 9. The van der Waals surface area contributed by atoms with Gasteiger partial charge in [-0.25, -0.2) is 9.38 Å². The number of para-hydroxylation sites is 1. The molecule has 0 aliphatic carbocycles. The van der Waals surface area contributed by atoms with Gasteiger partial charge in [-0.2, -0.15) is 0 Å². The number of nitrogens with one attached hydrogen (secondary N) is 1. The van der Waals surface area contributed by atoms with E-state index < -0.39 is 41.5 Å². The first-order valence-electron chi connectivity index (χ1n) is 11.5. The van der Waals surface area contributed by atoms with Gasteiger partial charge in [-0.3, -0.25) is 14.4 Å². The third-order valence-electron chi connectivity index (χ3n) is 6.05. The average Bonchev–Trinajstić information content (AvgIpc) is 2.91. The molecule has 2 aromatic rings. The molecule has 184 valence electrons. The molecule has 7 nitrogen and oxygen atoms in total. The summed E-state index contributed by atoms with van der Waals surface area (Å²) in [6, 6.07) is 13.1. The Bertz CT molecular complexity index is 1160. The number of anilines is 1. The monoisotopic (exact) mass is 478 g/mol. The van der Waals surface area contributed by atoms with Crippen LogP contribution in [0.25, 0.3) is 0 Å². The molecular formula is C27H31FN4O3. The number of hydrogen-bond acceptors (Lipinski definition) is 4. The lowest BCUT2D eigenvalue weighted by Crippen LogP contribution is -2.50. The Hall–Kier alpha value is -3.81. The summed E-state index contributed by atoms with van der Waals surface area (Å²) in [5.41, 5.74) is 7.67. The first-order valence-corrected chi connectivity index (χ1v) is 11.5. The third kappa shape index (κ3) is 5.82. The summed E-state index contributed by atoms with van der Waals surface area (Å²) >= 11 is 0. The van der Waals surface area contributed by atoms with E-state index in [1.165, 1.54) is 17.0 Å². The Morgan fingerprint density at radius 1 is 1.20 bits per heavy atom. The largest absolute Gasteiger partial charge is 0.369 e. The van der Waals surface area contributed by atoms with E-state index in [1.807, 2.05) is 13.8 Å². The van der Waals surface area contributed by atoms with Crippen molar-refractivity contribution in [2.45, 2.75) is 32.9 Å². The van der Waals surface area contributed by atoms with Gasteiger partial charge in [-0.1, -0.05) is 50.3 Å². The molecule has 35 heavy (non-hydrogen) atoms. The minimum Gasteiger partial charge on any atom is -0.369 e. The quantitative estimate of drug-likeness (QED) is 0.540. The summed E-state index contributed by atoms with van der Waals surface area (Å²) in [5.74, 6) is -3.44. The molecule has 0 saturated carbocycles. The summed E-state index contributed by atoms with van der Waals surface area (Å²) in [5, 5.41) is 2.73. The number of benzodiazepines with no additional fused rings is 1. The maximum absolute atomic E-state index is 14.1. The van der Waals surface area contributed by atoms with Gasteiger partial charge in [0.05, 0.1) is 23.2 Å². The number of benzene rings is 2. The number of primary amides is 1. The number of nitrogens with two attached hydrogens (primary N) is 1. The second-order valence-electron chi connectivity index (χ2n) is 9.08. The first-order chi connectivity index (χ1) is 16.6. The van der Waals surface area contributed by atoms with Crippen molar-refractivity contribution in [1.82, 2.24) is 5.32 Å². The normalized spacial score (nSPS) is 17.2. The molecule has 3 atom stereocenters. The van der Waals surface area contributed by atoms with E-state index in [4.69, 9.17) is 5.73 Å². The lowest BCUT2D eigenvalue weighted by molar-refractivity contribution is -0.135. The van der Waals surface area contributed by atoms with Crippen LogP contribution in [0.4, 0.5) is 10.1 Å². The fourth-order valence-electron chi connectivity index (χ4n) is 4.34.